The van der Waals surface area contributed by atoms with Gasteiger partial charge in [0, 0.05) is 11.8 Å². The Bertz CT molecular complexity index is 855. The smallest absolute Gasteiger partial charge is 0.344 e. The number of aryl methyl sites for hydroxylation is 1. The van der Waals surface area contributed by atoms with E-state index in [1.165, 1.54) is 12.1 Å². The number of halogens is 1. The van der Waals surface area contributed by atoms with Gasteiger partial charge in [0.25, 0.3) is 11.6 Å². The lowest BCUT2D eigenvalue weighted by atomic mass is 10.1. The molecular formula is C18H17ClN2O6. The van der Waals surface area contributed by atoms with Crippen LogP contribution in [0.3, 0.4) is 0 Å². The predicted molar refractivity (Wildman–Crippen MR) is 99.0 cm³/mol. The van der Waals surface area contributed by atoms with E-state index >= 15 is 0 Å². The summed E-state index contributed by atoms with van der Waals surface area (Å²) in [5.74, 6) is -0.776. The van der Waals surface area contributed by atoms with E-state index in [2.05, 4.69) is 5.32 Å². The number of anilines is 1. The number of rotatable bonds is 8. The summed E-state index contributed by atoms with van der Waals surface area (Å²) < 4.78 is 10.2. The summed E-state index contributed by atoms with van der Waals surface area (Å²) in [4.78, 5) is 33.7. The van der Waals surface area contributed by atoms with Gasteiger partial charge in [0.1, 0.15) is 10.8 Å². The molecule has 0 radical (unpaired) electrons. The summed E-state index contributed by atoms with van der Waals surface area (Å²) in [5, 5.41) is 13.2. The fraction of sp³-hybridized carbons (Fsp3) is 0.222. The van der Waals surface area contributed by atoms with E-state index in [4.69, 9.17) is 21.1 Å². The molecule has 0 spiro atoms. The number of nitrogens with one attached hydrogen (secondary N) is 1. The minimum atomic E-state index is -0.710. The third-order valence-corrected chi connectivity index (χ3v) is 3.81. The first-order chi connectivity index (χ1) is 12.9. The number of esters is 1. The Kier molecular flexibility index (Phi) is 7.13. The highest BCUT2D eigenvalue weighted by molar-refractivity contribution is 6.32. The van der Waals surface area contributed by atoms with Crippen molar-refractivity contribution in [2.24, 2.45) is 0 Å². The van der Waals surface area contributed by atoms with E-state index < -0.39 is 23.4 Å². The summed E-state index contributed by atoms with van der Waals surface area (Å²) in [5.41, 5.74) is 0.780. The standard InChI is InChI=1S/C18H17ClN2O6/c1-2-12-5-3-4-6-16(12)26-11-18(23)27-10-17(22)20-13-7-8-14(19)15(9-13)21(24)25/h3-9H,2,10-11H2,1H3,(H,20,22). The Hall–Kier alpha value is -3.13. The number of nitro benzene ring substituents is 1. The Morgan fingerprint density at radius 2 is 1.93 bits per heavy atom. The first-order valence-corrected chi connectivity index (χ1v) is 8.38. The molecule has 0 atom stereocenters. The fourth-order valence-corrected chi connectivity index (χ4v) is 2.38. The van der Waals surface area contributed by atoms with Gasteiger partial charge in [-0.05, 0) is 30.2 Å². The summed E-state index contributed by atoms with van der Waals surface area (Å²) >= 11 is 5.70. The van der Waals surface area contributed by atoms with E-state index in [0.717, 1.165) is 18.1 Å². The molecule has 2 aromatic rings. The number of hydrogen-bond donors (Lipinski definition) is 1. The number of para-hydroxylation sites is 1. The van der Waals surface area contributed by atoms with Crippen LogP contribution in [0.1, 0.15) is 12.5 Å². The van der Waals surface area contributed by atoms with Crippen LogP contribution in [0.5, 0.6) is 5.75 Å². The average Bonchev–Trinajstić information content (AvgIpc) is 2.66. The molecule has 27 heavy (non-hydrogen) atoms. The van der Waals surface area contributed by atoms with Gasteiger partial charge in [0.15, 0.2) is 13.2 Å². The third-order valence-electron chi connectivity index (χ3n) is 3.49. The van der Waals surface area contributed by atoms with Crippen molar-refractivity contribution in [3.8, 4) is 5.75 Å². The van der Waals surface area contributed by atoms with Crippen molar-refractivity contribution in [1.82, 2.24) is 0 Å². The van der Waals surface area contributed by atoms with Gasteiger partial charge < -0.3 is 14.8 Å². The van der Waals surface area contributed by atoms with Crippen LogP contribution in [0.4, 0.5) is 11.4 Å². The number of ether oxygens (including phenoxy) is 2. The van der Waals surface area contributed by atoms with Crippen LogP contribution in [0.25, 0.3) is 0 Å². The molecule has 142 valence electrons. The molecule has 2 aromatic carbocycles. The lowest BCUT2D eigenvalue weighted by Gasteiger charge is -2.10. The zero-order valence-electron chi connectivity index (χ0n) is 14.4. The molecule has 0 aromatic heterocycles. The Labute approximate surface area is 160 Å². The largest absolute Gasteiger partial charge is 0.482 e. The second kappa shape index (κ2) is 9.54. The zero-order valence-corrected chi connectivity index (χ0v) is 15.2. The second-order valence-corrected chi connectivity index (χ2v) is 5.79. The average molecular weight is 393 g/mol. The molecule has 9 heteroatoms. The molecule has 0 aliphatic heterocycles. The second-order valence-electron chi connectivity index (χ2n) is 5.38. The normalized spacial score (nSPS) is 10.1. The van der Waals surface area contributed by atoms with Crippen molar-refractivity contribution in [3.05, 3.63) is 63.2 Å². The number of nitro groups is 1. The van der Waals surface area contributed by atoms with Crippen LogP contribution in [0.2, 0.25) is 5.02 Å². The molecule has 8 nitrogen and oxygen atoms in total. The number of nitrogens with zero attached hydrogens (tertiary/aromatic N) is 1. The molecule has 0 aliphatic rings. The minimum Gasteiger partial charge on any atom is -0.482 e. The number of carbonyl (C=O) groups is 2. The third kappa shape index (κ3) is 5.96. The first kappa shape index (κ1) is 20.2. The van der Waals surface area contributed by atoms with E-state index in [1.54, 1.807) is 12.1 Å². The molecule has 1 N–H and O–H groups in total. The molecule has 0 unspecified atom stereocenters. The number of hydrogen-bond acceptors (Lipinski definition) is 6. The maximum atomic E-state index is 11.8. The molecular weight excluding hydrogens is 376 g/mol. The molecule has 0 heterocycles. The summed E-state index contributed by atoms with van der Waals surface area (Å²) in [6.07, 6.45) is 0.751. The van der Waals surface area contributed by atoms with Crippen LogP contribution in [0, 0.1) is 10.1 Å². The van der Waals surface area contributed by atoms with Gasteiger partial charge in [-0.3, -0.25) is 14.9 Å². The Morgan fingerprint density at radius 3 is 2.63 bits per heavy atom. The first-order valence-electron chi connectivity index (χ1n) is 8.00. The topological polar surface area (TPSA) is 108 Å². The van der Waals surface area contributed by atoms with Crippen molar-refractivity contribution in [2.45, 2.75) is 13.3 Å². The molecule has 0 saturated carbocycles. The summed E-state index contributed by atoms with van der Waals surface area (Å²) in [6, 6.07) is 11.1. The van der Waals surface area contributed by atoms with Crippen LogP contribution in [-0.4, -0.2) is 30.0 Å². The zero-order chi connectivity index (χ0) is 19.8. The van der Waals surface area contributed by atoms with Gasteiger partial charge in [-0.25, -0.2) is 4.79 Å². The van der Waals surface area contributed by atoms with E-state index in [9.17, 15) is 19.7 Å². The number of amides is 1. The minimum absolute atomic E-state index is 0.0473. The van der Waals surface area contributed by atoms with Gasteiger partial charge in [-0.1, -0.05) is 36.7 Å². The number of benzene rings is 2. The van der Waals surface area contributed by atoms with Crippen LogP contribution in [-0.2, 0) is 20.7 Å². The predicted octanol–water partition coefficient (Wildman–Crippen LogP) is 3.37. The van der Waals surface area contributed by atoms with Crippen molar-refractivity contribution in [2.75, 3.05) is 18.5 Å². The summed E-state index contributed by atoms with van der Waals surface area (Å²) in [6.45, 7) is 1.08. The van der Waals surface area contributed by atoms with Gasteiger partial charge in [0.2, 0.25) is 0 Å². The molecule has 0 bridgehead atoms. The molecule has 0 fully saturated rings. The highest BCUT2D eigenvalue weighted by atomic mass is 35.5. The summed E-state index contributed by atoms with van der Waals surface area (Å²) in [7, 11) is 0. The van der Waals surface area contributed by atoms with Crippen LogP contribution >= 0.6 is 11.6 Å². The van der Waals surface area contributed by atoms with Crippen molar-refractivity contribution in [1.29, 1.82) is 0 Å². The van der Waals surface area contributed by atoms with Gasteiger partial charge >= 0.3 is 5.97 Å². The SMILES string of the molecule is CCc1ccccc1OCC(=O)OCC(=O)Nc1ccc(Cl)c([N+](=O)[O-])c1. The highest BCUT2D eigenvalue weighted by Crippen LogP contribution is 2.27. The monoisotopic (exact) mass is 392 g/mol. The van der Waals surface area contributed by atoms with Crippen molar-refractivity contribution < 1.29 is 24.0 Å². The van der Waals surface area contributed by atoms with Crippen LogP contribution in [0.15, 0.2) is 42.5 Å². The van der Waals surface area contributed by atoms with Crippen molar-refractivity contribution >= 4 is 34.9 Å². The Morgan fingerprint density at radius 1 is 1.19 bits per heavy atom. The lowest BCUT2D eigenvalue weighted by molar-refractivity contribution is -0.384. The Balaban J connectivity index is 1.82. The lowest BCUT2D eigenvalue weighted by Crippen LogP contribution is -2.23. The van der Waals surface area contributed by atoms with E-state index in [-0.39, 0.29) is 23.0 Å². The quantitative estimate of drug-likeness (QED) is 0.419. The van der Waals surface area contributed by atoms with Gasteiger partial charge in [0.05, 0.1) is 4.92 Å². The van der Waals surface area contributed by atoms with E-state index in [1.807, 2.05) is 19.1 Å². The molecule has 1 amide bonds. The van der Waals surface area contributed by atoms with Crippen LogP contribution < -0.4 is 10.1 Å². The fourth-order valence-electron chi connectivity index (χ4n) is 2.19. The van der Waals surface area contributed by atoms with E-state index in [0.29, 0.717) is 5.75 Å². The number of carbonyl (C=O) groups excluding carboxylic acids is 2. The molecule has 0 saturated heterocycles. The molecule has 2 rings (SSSR count). The maximum Gasteiger partial charge on any atom is 0.344 e. The highest BCUT2D eigenvalue weighted by Gasteiger charge is 2.15. The van der Waals surface area contributed by atoms with Gasteiger partial charge in [-0.2, -0.15) is 0 Å². The van der Waals surface area contributed by atoms with Crippen molar-refractivity contribution in [3.63, 3.8) is 0 Å². The molecule has 0 aliphatic carbocycles. The maximum absolute atomic E-state index is 11.8. The van der Waals surface area contributed by atoms with Gasteiger partial charge in [-0.15, -0.1) is 0 Å².